The first-order chi connectivity index (χ1) is 5.23. The molecule has 0 amide bonds. The summed E-state index contributed by atoms with van der Waals surface area (Å²) in [5, 5.41) is 0. The van der Waals surface area contributed by atoms with Gasteiger partial charge in [-0.05, 0) is 19.3 Å². The van der Waals surface area contributed by atoms with Gasteiger partial charge in [0.05, 0.1) is 0 Å². The summed E-state index contributed by atoms with van der Waals surface area (Å²) in [5.41, 5.74) is 0.488. The average molecular weight is 284 g/mol. The smallest absolute Gasteiger partial charge is 0.0454 e. The Labute approximate surface area is 87.3 Å². The molecular formula is C7H13IN2S. The second-order valence-electron chi connectivity index (χ2n) is 3.55. The highest BCUT2D eigenvalue weighted by molar-refractivity contribution is 14.1. The maximum absolute atomic E-state index is 4.39. The molecule has 1 spiro atoms. The van der Waals surface area contributed by atoms with Crippen molar-refractivity contribution in [1.29, 1.82) is 0 Å². The van der Waals surface area contributed by atoms with Gasteiger partial charge in [0.2, 0.25) is 0 Å². The summed E-state index contributed by atoms with van der Waals surface area (Å²) in [7, 11) is 0. The predicted molar refractivity (Wildman–Crippen MR) is 57.9 cm³/mol. The second kappa shape index (κ2) is 3.05. The Kier molecular flexibility index (Phi) is 2.38. The zero-order valence-corrected chi connectivity index (χ0v) is 9.51. The third kappa shape index (κ3) is 1.43. The van der Waals surface area contributed by atoms with E-state index in [4.69, 9.17) is 0 Å². The Bertz CT molecular complexity index is 167. The van der Waals surface area contributed by atoms with Crippen LogP contribution in [0.1, 0.15) is 19.3 Å². The molecule has 2 aliphatic rings. The van der Waals surface area contributed by atoms with E-state index < -0.39 is 0 Å². The molecule has 2 aliphatic heterocycles. The summed E-state index contributed by atoms with van der Waals surface area (Å²) >= 11 is 6.86. The van der Waals surface area contributed by atoms with Crippen LogP contribution in [0.2, 0.25) is 0 Å². The van der Waals surface area contributed by atoms with E-state index >= 15 is 0 Å². The molecule has 2 rings (SSSR count). The molecular weight excluding hydrogens is 271 g/mol. The van der Waals surface area contributed by atoms with E-state index in [-0.39, 0.29) is 0 Å². The monoisotopic (exact) mass is 284 g/mol. The van der Waals surface area contributed by atoms with Gasteiger partial charge in [0.1, 0.15) is 0 Å². The van der Waals surface area contributed by atoms with E-state index in [0.717, 1.165) is 13.1 Å². The van der Waals surface area contributed by atoms with Crippen molar-refractivity contribution in [2.75, 3.05) is 19.6 Å². The molecule has 1 unspecified atom stereocenters. The van der Waals surface area contributed by atoms with Gasteiger partial charge in [0, 0.05) is 48.0 Å². The Morgan fingerprint density at radius 2 is 2.09 bits per heavy atom. The molecule has 0 aromatic rings. The number of hydrogen-bond acceptors (Lipinski definition) is 3. The predicted octanol–water partition coefficient (Wildman–Crippen LogP) is 1.72. The van der Waals surface area contributed by atoms with Gasteiger partial charge in [-0.2, -0.15) is 0 Å². The Morgan fingerprint density at radius 1 is 1.27 bits per heavy atom. The minimum absolute atomic E-state index is 0.488. The number of rotatable bonds is 0. The summed E-state index contributed by atoms with van der Waals surface area (Å²) in [6.45, 7) is 3.57. The highest BCUT2D eigenvalue weighted by Gasteiger charge is 2.44. The molecule has 0 aliphatic carbocycles. The average Bonchev–Trinajstić information content (AvgIpc) is 2.46. The van der Waals surface area contributed by atoms with Gasteiger partial charge in [0.25, 0.3) is 0 Å². The van der Waals surface area contributed by atoms with Crippen LogP contribution in [-0.4, -0.2) is 32.6 Å². The van der Waals surface area contributed by atoms with Gasteiger partial charge in [0.15, 0.2) is 0 Å². The molecule has 4 heteroatoms. The molecule has 0 N–H and O–H groups in total. The first kappa shape index (κ1) is 8.59. The lowest BCUT2D eigenvalue weighted by molar-refractivity contribution is 0.300. The fraction of sp³-hybridized carbons (Fsp3) is 1.00. The standard InChI is InChI=1S/C7H13IN2S/c8-10-4-1-2-7(10)3-5-9(11)6-7/h11H,1-6H2. The SMILES string of the molecule is SN1CCC2(CCCN2I)C1. The van der Waals surface area contributed by atoms with Crippen molar-refractivity contribution in [3.05, 3.63) is 0 Å². The molecule has 0 aromatic carbocycles. The van der Waals surface area contributed by atoms with Crippen LogP contribution in [0, 0.1) is 0 Å². The van der Waals surface area contributed by atoms with Crippen molar-refractivity contribution < 1.29 is 0 Å². The Morgan fingerprint density at radius 3 is 2.55 bits per heavy atom. The highest BCUT2D eigenvalue weighted by Crippen LogP contribution is 2.40. The summed E-state index contributed by atoms with van der Waals surface area (Å²) in [6.07, 6.45) is 4.04. The third-order valence-electron chi connectivity index (χ3n) is 2.82. The highest BCUT2D eigenvalue weighted by atomic mass is 127. The fourth-order valence-electron chi connectivity index (χ4n) is 2.14. The zero-order chi connectivity index (χ0) is 7.90. The fourth-order valence-corrected chi connectivity index (χ4v) is 3.48. The molecule has 2 fully saturated rings. The summed E-state index contributed by atoms with van der Waals surface area (Å²) in [5.74, 6) is 0. The lowest BCUT2D eigenvalue weighted by atomic mass is 9.97. The van der Waals surface area contributed by atoms with Gasteiger partial charge in [-0.3, -0.25) is 4.31 Å². The van der Waals surface area contributed by atoms with Crippen molar-refractivity contribution in [2.24, 2.45) is 0 Å². The van der Waals surface area contributed by atoms with Crippen molar-refractivity contribution >= 4 is 35.7 Å². The molecule has 0 radical (unpaired) electrons. The van der Waals surface area contributed by atoms with Gasteiger partial charge in [-0.15, -0.1) is 0 Å². The summed E-state index contributed by atoms with van der Waals surface area (Å²) in [6, 6.07) is 0. The van der Waals surface area contributed by atoms with Gasteiger partial charge >= 0.3 is 0 Å². The van der Waals surface area contributed by atoms with Gasteiger partial charge in [-0.25, -0.2) is 3.11 Å². The van der Waals surface area contributed by atoms with Crippen LogP contribution in [0.15, 0.2) is 0 Å². The van der Waals surface area contributed by atoms with Gasteiger partial charge in [-0.1, -0.05) is 12.8 Å². The second-order valence-corrected chi connectivity index (χ2v) is 5.28. The van der Waals surface area contributed by atoms with E-state index in [1.54, 1.807) is 0 Å². The topological polar surface area (TPSA) is 6.48 Å². The van der Waals surface area contributed by atoms with E-state index in [0.29, 0.717) is 5.54 Å². The largest absolute Gasteiger partial charge is 0.251 e. The summed E-state index contributed by atoms with van der Waals surface area (Å²) < 4.78 is 4.64. The van der Waals surface area contributed by atoms with E-state index in [1.807, 2.05) is 0 Å². The maximum atomic E-state index is 4.39. The molecule has 11 heavy (non-hydrogen) atoms. The van der Waals surface area contributed by atoms with Crippen LogP contribution in [0.5, 0.6) is 0 Å². The van der Waals surface area contributed by atoms with Crippen LogP contribution in [0.4, 0.5) is 0 Å². The number of halogens is 1. The van der Waals surface area contributed by atoms with Crippen LogP contribution < -0.4 is 0 Å². The molecule has 2 heterocycles. The molecule has 2 nitrogen and oxygen atoms in total. The molecule has 64 valence electrons. The van der Waals surface area contributed by atoms with Crippen molar-refractivity contribution in [1.82, 2.24) is 7.42 Å². The molecule has 1 atom stereocenters. The van der Waals surface area contributed by atoms with Crippen LogP contribution in [-0.2, 0) is 0 Å². The first-order valence-corrected chi connectivity index (χ1v) is 5.47. The minimum Gasteiger partial charge on any atom is -0.251 e. The van der Waals surface area contributed by atoms with Crippen LogP contribution in [0.25, 0.3) is 0 Å². The number of hydrogen-bond donors (Lipinski definition) is 1. The molecule has 2 saturated heterocycles. The van der Waals surface area contributed by atoms with E-state index in [2.05, 4.69) is 43.1 Å². The molecule has 0 saturated carbocycles. The van der Waals surface area contributed by atoms with Crippen molar-refractivity contribution in [2.45, 2.75) is 24.8 Å². The third-order valence-corrected chi connectivity index (χ3v) is 4.67. The van der Waals surface area contributed by atoms with Crippen molar-refractivity contribution in [3.8, 4) is 0 Å². The Balaban J connectivity index is 2.10. The van der Waals surface area contributed by atoms with Crippen molar-refractivity contribution in [3.63, 3.8) is 0 Å². The summed E-state index contributed by atoms with van der Waals surface area (Å²) in [4.78, 5) is 0. The quantitative estimate of drug-likeness (QED) is 0.411. The maximum Gasteiger partial charge on any atom is 0.0454 e. The lowest BCUT2D eigenvalue weighted by Gasteiger charge is -2.29. The minimum atomic E-state index is 0.488. The zero-order valence-electron chi connectivity index (χ0n) is 6.46. The molecule has 0 aromatic heterocycles. The van der Waals surface area contributed by atoms with Gasteiger partial charge < -0.3 is 0 Å². The molecule has 0 bridgehead atoms. The van der Waals surface area contributed by atoms with E-state index in [9.17, 15) is 0 Å². The van der Waals surface area contributed by atoms with Crippen LogP contribution in [0.3, 0.4) is 0 Å². The van der Waals surface area contributed by atoms with Crippen LogP contribution >= 0.6 is 35.7 Å². The number of nitrogens with zero attached hydrogens (tertiary/aromatic N) is 2. The van der Waals surface area contributed by atoms with E-state index in [1.165, 1.54) is 25.8 Å². The first-order valence-electron chi connectivity index (χ1n) is 4.10. The normalized spacial score (nSPS) is 40.9. The Hall–Kier alpha value is 1.00. The number of thiol groups is 1. The lowest BCUT2D eigenvalue weighted by Crippen LogP contribution is -2.39.